The lowest BCUT2D eigenvalue weighted by molar-refractivity contribution is -0.120. The van der Waals surface area contributed by atoms with Gasteiger partial charge >= 0.3 is 0 Å². The molecule has 0 spiro atoms. The first-order valence-corrected chi connectivity index (χ1v) is 11.7. The number of nitrogens with zero attached hydrogens (tertiary/aromatic N) is 4. The maximum atomic E-state index is 11.6. The third kappa shape index (κ3) is 4.51. The molecule has 4 aromatic rings. The molecule has 0 radical (unpaired) electrons. The summed E-state index contributed by atoms with van der Waals surface area (Å²) in [6, 6.07) is 9.69. The summed E-state index contributed by atoms with van der Waals surface area (Å²) >= 11 is 12.6. The van der Waals surface area contributed by atoms with E-state index in [9.17, 15) is 4.79 Å². The highest BCUT2D eigenvalue weighted by Gasteiger charge is 2.18. The van der Waals surface area contributed by atoms with Gasteiger partial charge in [-0.15, -0.1) is 0 Å². The maximum Gasteiger partial charge on any atom is 0.221 e. The number of fused-ring (bicyclic) bond motifs is 1. The number of anilines is 1. The fraction of sp³-hybridized carbons (Fsp3) is 0.250. The third-order valence-electron chi connectivity index (χ3n) is 5.80. The number of aromatic nitrogens is 4. The van der Waals surface area contributed by atoms with Crippen LogP contribution >= 0.6 is 23.2 Å². The molecule has 5 rings (SSSR count). The van der Waals surface area contributed by atoms with Crippen LogP contribution in [0.5, 0.6) is 5.75 Å². The van der Waals surface area contributed by atoms with Gasteiger partial charge in [0.25, 0.3) is 0 Å². The number of halogens is 2. The Kier molecular flexibility index (Phi) is 6.26. The number of carbonyl (C=O) groups excluding carboxylic acids is 1. The van der Waals surface area contributed by atoms with Crippen molar-refractivity contribution in [3.8, 4) is 17.0 Å². The molecule has 1 saturated heterocycles. The first-order chi connectivity index (χ1) is 16.5. The SMILES string of the molecule is C[C@@H](Oc1ccc2[nH]nc(-c3ccc(N4CCNC(=O)CC4)nc3)c2c1)c1c(Cl)cncc1Cl. The van der Waals surface area contributed by atoms with Gasteiger partial charge < -0.3 is 15.0 Å². The summed E-state index contributed by atoms with van der Waals surface area (Å²) in [6.07, 6.45) is 5.00. The number of hydrogen-bond acceptors (Lipinski definition) is 6. The molecular weight excluding hydrogens is 475 g/mol. The monoisotopic (exact) mass is 496 g/mol. The molecule has 1 amide bonds. The number of aromatic amines is 1. The molecule has 1 fully saturated rings. The van der Waals surface area contributed by atoms with E-state index in [-0.39, 0.29) is 12.0 Å². The highest BCUT2D eigenvalue weighted by molar-refractivity contribution is 6.35. The summed E-state index contributed by atoms with van der Waals surface area (Å²) in [7, 11) is 0. The first kappa shape index (κ1) is 22.4. The number of amides is 1. The van der Waals surface area contributed by atoms with Crippen molar-refractivity contribution in [2.24, 2.45) is 0 Å². The van der Waals surface area contributed by atoms with Crippen molar-refractivity contribution in [2.45, 2.75) is 19.4 Å². The lowest BCUT2D eigenvalue weighted by Crippen LogP contribution is -2.28. The van der Waals surface area contributed by atoms with Crippen molar-refractivity contribution in [1.82, 2.24) is 25.5 Å². The largest absolute Gasteiger partial charge is 0.486 e. The molecule has 0 aliphatic carbocycles. The average molecular weight is 497 g/mol. The van der Waals surface area contributed by atoms with Gasteiger partial charge in [-0.3, -0.25) is 14.9 Å². The van der Waals surface area contributed by atoms with E-state index < -0.39 is 0 Å². The Balaban J connectivity index is 1.39. The topological polar surface area (TPSA) is 96.0 Å². The van der Waals surface area contributed by atoms with Crippen LogP contribution < -0.4 is 15.0 Å². The van der Waals surface area contributed by atoms with Gasteiger partial charge in [0.1, 0.15) is 23.4 Å². The number of carbonyl (C=O) groups is 1. The maximum absolute atomic E-state index is 11.6. The lowest BCUT2D eigenvalue weighted by Gasteiger charge is -2.20. The summed E-state index contributed by atoms with van der Waals surface area (Å²) in [5.41, 5.74) is 3.23. The summed E-state index contributed by atoms with van der Waals surface area (Å²) < 4.78 is 6.16. The number of ether oxygens (including phenoxy) is 1. The number of pyridine rings is 2. The molecule has 4 heterocycles. The quantitative estimate of drug-likeness (QED) is 0.412. The highest BCUT2D eigenvalue weighted by Crippen LogP contribution is 2.35. The molecule has 174 valence electrons. The van der Waals surface area contributed by atoms with Crippen LogP contribution in [-0.4, -0.2) is 45.7 Å². The second-order valence-electron chi connectivity index (χ2n) is 8.05. The molecule has 34 heavy (non-hydrogen) atoms. The Morgan fingerprint density at radius 3 is 2.68 bits per heavy atom. The third-order valence-corrected chi connectivity index (χ3v) is 6.40. The Labute approximate surface area is 206 Å². The standard InChI is InChI=1S/C24H22Cl2N6O2/c1-14(23-18(25)12-27-13-19(23)26)34-16-3-4-20-17(10-16)24(31-30-20)15-2-5-21(29-11-15)32-8-6-22(33)28-7-9-32/h2-5,10-14H,6-9H2,1H3,(H,28,33)(H,30,31)/t14-/m1/s1. The minimum Gasteiger partial charge on any atom is -0.486 e. The van der Waals surface area contributed by atoms with E-state index in [0.29, 0.717) is 40.9 Å². The van der Waals surface area contributed by atoms with Crippen molar-refractivity contribution in [3.63, 3.8) is 0 Å². The summed E-state index contributed by atoms with van der Waals surface area (Å²) in [4.78, 5) is 22.3. The van der Waals surface area contributed by atoms with Crippen molar-refractivity contribution in [3.05, 3.63) is 64.5 Å². The molecule has 1 aromatic carbocycles. The number of H-pyrrole nitrogens is 1. The van der Waals surface area contributed by atoms with E-state index in [1.165, 1.54) is 0 Å². The van der Waals surface area contributed by atoms with Crippen LogP contribution in [0.2, 0.25) is 10.0 Å². The second kappa shape index (κ2) is 9.48. The van der Waals surface area contributed by atoms with Gasteiger partial charge in [0, 0.05) is 61.2 Å². The van der Waals surface area contributed by atoms with E-state index in [1.807, 2.05) is 37.3 Å². The van der Waals surface area contributed by atoms with Crippen LogP contribution in [-0.2, 0) is 4.79 Å². The Bertz CT molecular complexity index is 1320. The van der Waals surface area contributed by atoms with Crippen LogP contribution in [0.25, 0.3) is 22.2 Å². The summed E-state index contributed by atoms with van der Waals surface area (Å²) in [5, 5.41) is 12.3. The van der Waals surface area contributed by atoms with Crippen molar-refractivity contribution < 1.29 is 9.53 Å². The second-order valence-corrected chi connectivity index (χ2v) is 8.86. The van der Waals surface area contributed by atoms with Gasteiger partial charge in [0.2, 0.25) is 5.91 Å². The Morgan fingerprint density at radius 2 is 1.91 bits per heavy atom. The van der Waals surface area contributed by atoms with Crippen LogP contribution in [0.1, 0.15) is 25.0 Å². The van der Waals surface area contributed by atoms with E-state index >= 15 is 0 Å². The Morgan fingerprint density at radius 1 is 1.09 bits per heavy atom. The molecule has 1 aliphatic heterocycles. The van der Waals surface area contributed by atoms with Gasteiger partial charge in [-0.05, 0) is 37.3 Å². The molecule has 8 nitrogen and oxygen atoms in total. The predicted molar refractivity (Wildman–Crippen MR) is 132 cm³/mol. The lowest BCUT2D eigenvalue weighted by atomic mass is 10.1. The number of nitrogens with one attached hydrogen (secondary N) is 2. The van der Waals surface area contributed by atoms with Crippen LogP contribution in [0.4, 0.5) is 5.82 Å². The zero-order valence-corrected chi connectivity index (χ0v) is 19.9. The summed E-state index contributed by atoms with van der Waals surface area (Å²) in [6.45, 7) is 3.88. The minimum absolute atomic E-state index is 0.0722. The van der Waals surface area contributed by atoms with E-state index in [4.69, 9.17) is 27.9 Å². The molecule has 1 aliphatic rings. The molecule has 2 N–H and O–H groups in total. The van der Waals surface area contributed by atoms with Crippen molar-refractivity contribution in [1.29, 1.82) is 0 Å². The smallest absolute Gasteiger partial charge is 0.221 e. The zero-order valence-electron chi connectivity index (χ0n) is 18.4. The molecule has 3 aromatic heterocycles. The van der Waals surface area contributed by atoms with Crippen LogP contribution in [0.15, 0.2) is 48.9 Å². The average Bonchev–Trinajstić information content (AvgIpc) is 3.12. The molecule has 0 saturated carbocycles. The molecule has 0 unspecified atom stereocenters. The van der Waals surface area contributed by atoms with E-state index in [1.54, 1.807) is 18.6 Å². The van der Waals surface area contributed by atoms with Gasteiger partial charge in [-0.25, -0.2) is 4.98 Å². The predicted octanol–water partition coefficient (Wildman–Crippen LogP) is 4.79. The van der Waals surface area contributed by atoms with Gasteiger partial charge in [-0.2, -0.15) is 5.10 Å². The minimum atomic E-state index is -0.369. The normalized spacial score (nSPS) is 15.1. The molecule has 1 atom stereocenters. The van der Waals surface area contributed by atoms with Gasteiger partial charge in [-0.1, -0.05) is 23.2 Å². The number of benzene rings is 1. The van der Waals surface area contributed by atoms with Crippen LogP contribution in [0, 0.1) is 0 Å². The number of hydrogen-bond donors (Lipinski definition) is 2. The van der Waals surface area contributed by atoms with Crippen LogP contribution in [0.3, 0.4) is 0 Å². The fourth-order valence-electron chi connectivity index (χ4n) is 4.07. The van der Waals surface area contributed by atoms with E-state index in [0.717, 1.165) is 34.5 Å². The summed E-state index contributed by atoms with van der Waals surface area (Å²) in [5.74, 6) is 1.57. The van der Waals surface area contributed by atoms with E-state index in [2.05, 4.69) is 30.4 Å². The first-order valence-electron chi connectivity index (χ1n) is 10.9. The zero-order chi connectivity index (χ0) is 23.7. The molecule has 0 bridgehead atoms. The van der Waals surface area contributed by atoms with Gasteiger partial charge in [0.05, 0.1) is 15.6 Å². The Hall–Kier alpha value is -3.36. The fourth-order valence-corrected chi connectivity index (χ4v) is 4.74. The molecular formula is C24H22Cl2N6O2. The van der Waals surface area contributed by atoms with Crippen molar-refractivity contribution >= 4 is 45.8 Å². The number of rotatable bonds is 5. The molecule has 10 heteroatoms. The van der Waals surface area contributed by atoms with Crippen molar-refractivity contribution in [2.75, 3.05) is 24.5 Å². The highest BCUT2D eigenvalue weighted by atomic mass is 35.5. The van der Waals surface area contributed by atoms with Gasteiger partial charge in [0.15, 0.2) is 0 Å².